The number of imidazole rings is 1. The second-order valence-electron chi connectivity index (χ2n) is 7.36. The number of nitrogens with one attached hydrogen (secondary N) is 1. The maximum atomic E-state index is 12.6. The van der Waals surface area contributed by atoms with Gasteiger partial charge in [0.2, 0.25) is 0 Å². The molecule has 2 aromatic heterocycles. The van der Waals surface area contributed by atoms with Gasteiger partial charge in [-0.15, -0.1) is 0 Å². The molecule has 0 aliphatic carbocycles. The van der Waals surface area contributed by atoms with E-state index in [4.69, 9.17) is 0 Å². The summed E-state index contributed by atoms with van der Waals surface area (Å²) in [5, 5.41) is 24.3. The van der Waals surface area contributed by atoms with Gasteiger partial charge in [-0.05, 0) is 48.5 Å². The maximum absolute atomic E-state index is 12.6. The van der Waals surface area contributed by atoms with Crippen LogP contribution in [-0.2, 0) is 0 Å². The SMILES string of the molecule is O=C(Nc1ccc(-c2nc3ccc([N+](=O)[O-])cc3n2O)cc1)c1ccc(-c2ncccn2)cc1. The first-order valence-corrected chi connectivity index (χ1v) is 10.1. The van der Waals surface area contributed by atoms with Crippen LogP contribution in [0.2, 0.25) is 0 Å². The zero-order chi connectivity index (χ0) is 23.7. The summed E-state index contributed by atoms with van der Waals surface area (Å²) in [7, 11) is 0. The summed E-state index contributed by atoms with van der Waals surface area (Å²) in [4.78, 5) is 35.8. The van der Waals surface area contributed by atoms with Crippen LogP contribution in [0.25, 0.3) is 33.8 Å². The number of nitro benzene ring substituents is 1. The van der Waals surface area contributed by atoms with Gasteiger partial charge >= 0.3 is 0 Å². The number of rotatable bonds is 5. The second kappa shape index (κ2) is 8.43. The molecule has 0 bridgehead atoms. The van der Waals surface area contributed by atoms with E-state index in [0.717, 1.165) is 10.3 Å². The van der Waals surface area contributed by atoms with E-state index in [1.54, 1.807) is 67.0 Å². The van der Waals surface area contributed by atoms with Crippen LogP contribution < -0.4 is 5.32 Å². The minimum Gasteiger partial charge on any atom is -0.426 e. The molecule has 10 heteroatoms. The third kappa shape index (κ3) is 3.91. The van der Waals surface area contributed by atoms with Crippen LogP contribution in [0.1, 0.15) is 10.4 Å². The van der Waals surface area contributed by atoms with Gasteiger partial charge in [-0.2, -0.15) is 4.73 Å². The van der Waals surface area contributed by atoms with Crippen molar-refractivity contribution in [3.63, 3.8) is 0 Å². The normalized spacial score (nSPS) is 10.8. The third-order valence-electron chi connectivity index (χ3n) is 5.20. The van der Waals surface area contributed by atoms with Crippen molar-refractivity contribution in [2.45, 2.75) is 0 Å². The molecule has 3 aromatic carbocycles. The standard InChI is InChI=1S/C24H16N6O4/c31-24(17-4-2-15(3-5-17)22-25-12-1-13-26-22)27-18-8-6-16(7-9-18)23-28-20-11-10-19(30(33)34)14-21(20)29(23)32/h1-14,32H,(H,27,31). The lowest BCUT2D eigenvalue weighted by Gasteiger charge is -2.07. The number of amides is 1. The van der Waals surface area contributed by atoms with Gasteiger partial charge in [-0.1, -0.05) is 12.1 Å². The molecular formula is C24H16N6O4. The molecule has 5 rings (SSSR count). The number of benzene rings is 3. The number of nitro groups is 1. The van der Waals surface area contributed by atoms with Crippen LogP contribution in [0.4, 0.5) is 11.4 Å². The smallest absolute Gasteiger partial charge is 0.271 e. The number of anilines is 1. The Bertz CT molecular complexity index is 1510. The summed E-state index contributed by atoms with van der Waals surface area (Å²) >= 11 is 0. The van der Waals surface area contributed by atoms with E-state index in [2.05, 4.69) is 20.3 Å². The number of carbonyl (C=O) groups is 1. The Labute approximate surface area is 192 Å². The highest BCUT2D eigenvalue weighted by Crippen LogP contribution is 2.27. The highest BCUT2D eigenvalue weighted by Gasteiger charge is 2.16. The highest BCUT2D eigenvalue weighted by molar-refractivity contribution is 6.04. The Morgan fingerprint density at radius 1 is 0.941 bits per heavy atom. The lowest BCUT2D eigenvalue weighted by atomic mass is 10.1. The number of non-ortho nitro benzene ring substituents is 1. The molecule has 0 spiro atoms. The first-order valence-electron chi connectivity index (χ1n) is 10.1. The van der Waals surface area contributed by atoms with Crippen LogP contribution in [0, 0.1) is 10.1 Å². The molecule has 0 aliphatic rings. The number of hydrogen-bond acceptors (Lipinski definition) is 7. The third-order valence-corrected chi connectivity index (χ3v) is 5.20. The predicted octanol–water partition coefficient (Wildman–Crippen LogP) is 4.56. The Kier molecular flexibility index (Phi) is 5.15. The predicted molar refractivity (Wildman–Crippen MR) is 124 cm³/mol. The van der Waals surface area contributed by atoms with Gasteiger partial charge in [0.1, 0.15) is 5.52 Å². The van der Waals surface area contributed by atoms with Crippen LogP contribution in [0.3, 0.4) is 0 Å². The van der Waals surface area contributed by atoms with Gasteiger partial charge in [0.15, 0.2) is 11.6 Å². The molecule has 0 unspecified atom stereocenters. The van der Waals surface area contributed by atoms with Crippen LogP contribution in [0.15, 0.2) is 85.2 Å². The van der Waals surface area contributed by atoms with Gasteiger partial charge in [-0.25, -0.2) is 15.0 Å². The molecule has 34 heavy (non-hydrogen) atoms. The summed E-state index contributed by atoms with van der Waals surface area (Å²) in [6, 6.07) is 19.5. The molecule has 0 saturated carbocycles. The van der Waals surface area contributed by atoms with Gasteiger partial charge in [0, 0.05) is 46.9 Å². The zero-order valence-corrected chi connectivity index (χ0v) is 17.5. The average Bonchev–Trinajstić information content (AvgIpc) is 3.21. The Hall–Kier alpha value is -5.12. The maximum Gasteiger partial charge on any atom is 0.271 e. The van der Waals surface area contributed by atoms with E-state index in [9.17, 15) is 20.1 Å². The summed E-state index contributed by atoms with van der Waals surface area (Å²) < 4.78 is 0.813. The van der Waals surface area contributed by atoms with Crippen molar-refractivity contribution in [2.75, 3.05) is 5.32 Å². The average molecular weight is 452 g/mol. The van der Waals surface area contributed by atoms with Gasteiger partial charge in [0.25, 0.3) is 11.6 Å². The van der Waals surface area contributed by atoms with E-state index < -0.39 is 4.92 Å². The van der Waals surface area contributed by atoms with Crippen molar-refractivity contribution in [3.05, 3.63) is 101 Å². The summed E-state index contributed by atoms with van der Waals surface area (Å²) in [5.41, 5.74) is 2.92. The van der Waals surface area contributed by atoms with Crippen molar-refractivity contribution in [1.29, 1.82) is 0 Å². The summed E-state index contributed by atoms with van der Waals surface area (Å²) in [5.74, 6) is 0.525. The summed E-state index contributed by atoms with van der Waals surface area (Å²) in [6.45, 7) is 0. The number of aromatic nitrogens is 4. The van der Waals surface area contributed by atoms with E-state index in [-0.39, 0.29) is 22.9 Å². The molecule has 0 atom stereocenters. The number of hydrogen-bond donors (Lipinski definition) is 2. The zero-order valence-electron chi connectivity index (χ0n) is 17.5. The Morgan fingerprint density at radius 3 is 2.29 bits per heavy atom. The second-order valence-corrected chi connectivity index (χ2v) is 7.36. The Morgan fingerprint density at radius 2 is 1.62 bits per heavy atom. The number of carbonyl (C=O) groups excluding carboxylic acids is 1. The molecular weight excluding hydrogens is 436 g/mol. The molecule has 2 heterocycles. The van der Waals surface area contributed by atoms with Gasteiger partial charge in [0.05, 0.1) is 10.4 Å². The van der Waals surface area contributed by atoms with Crippen LogP contribution in [0.5, 0.6) is 0 Å². The van der Waals surface area contributed by atoms with Gasteiger partial charge in [-0.3, -0.25) is 14.9 Å². The largest absolute Gasteiger partial charge is 0.426 e. The first-order chi connectivity index (χ1) is 16.5. The molecule has 5 aromatic rings. The molecule has 0 fully saturated rings. The molecule has 166 valence electrons. The fraction of sp³-hybridized carbons (Fsp3) is 0. The van der Waals surface area contributed by atoms with Crippen molar-refractivity contribution >= 4 is 28.3 Å². The van der Waals surface area contributed by atoms with E-state index >= 15 is 0 Å². The molecule has 0 saturated heterocycles. The van der Waals surface area contributed by atoms with Crippen LogP contribution in [-0.4, -0.2) is 35.7 Å². The minimum absolute atomic E-state index is 0.142. The molecule has 2 N–H and O–H groups in total. The number of nitrogens with zero attached hydrogens (tertiary/aromatic N) is 5. The molecule has 0 aliphatic heterocycles. The monoisotopic (exact) mass is 452 g/mol. The van der Waals surface area contributed by atoms with E-state index in [0.29, 0.717) is 28.2 Å². The van der Waals surface area contributed by atoms with E-state index in [1.165, 1.54) is 18.2 Å². The molecule has 1 amide bonds. The minimum atomic E-state index is -0.535. The van der Waals surface area contributed by atoms with Crippen molar-refractivity contribution in [3.8, 4) is 22.8 Å². The fourth-order valence-electron chi connectivity index (χ4n) is 3.48. The highest BCUT2D eigenvalue weighted by atomic mass is 16.6. The Balaban J connectivity index is 1.33. The lowest BCUT2D eigenvalue weighted by molar-refractivity contribution is -0.384. The van der Waals surface area contributed by atoms with Crippen LogP contribution >= 0.6 is 0 Å². The molecule has 0 radical (unpaired) electrons. The number of fused-ring (bicyclic) bond motifs is 1. The first kappa shape index (κ1) is 20.8. The molecule has 10 nitrogen and oxygen atoms in total. The van der Waals surface area contributed by atoms with Crippen molar-refractivity contribution < 1.29 is 14.9 Å². The lowest BCUT2D eigenvalue weighted by Crippen LogP contribution is -2.11. The topological polar surface area (TPSA) is 136 Å². The van der Waals surface area contributed by atoms with E-state index in [1.807, 2.05) is 0 Å². The van der Waals surface area contributed by atoms with Gasteiger partial charge < -0.3 is 10.5 Å². The fourth-order valence-corrected chi connectivity index (χ4v) is 3.48. The quantitative estimate of drug-likeness (QED) is 0.227. The summed E-state index contributed by atoms with van der Waals surface area (Å²) in [6.07, 6.45) is 3.31. The van der Waals surface area contributed by atoms with Crippen molar-refractivity contribution in [2.24, 2.45) is 0 Å². The van der Waals surface area contributed by atoms with Crippen molar-refractivity contribution in [1.82, 2.24) is 19.7 Å².